The van der Waals surface area contributed by atoms with Gasteiger partial charge in [0.2, 0.25) is 0 Å². The van der Waals surface area contributed by atoms with E-state index in [0.29, 0.717) is 30.3 Å². The molecular weight excluding hydrogens is 228 g/mol. The van der Waals surface area contributed by atoms with Gasteiger partial charge in [-0.1, -0.05) is 13.8 Å². The third-order valence-electron chi connectivity index (χ3n) is 2.12. The highest BCUT2D eigenvalue weighted by atomic mass is 35.5. The van der Waals surface area contributed by atoms with E-state index in [0.717, 1.165) is 6.42 Å². The second kappa shape index (κ2) is 7.30. The van der Waals surface area contributed by atoms with Gasteiger partial charge >= 0.3 is 0 Å². The average molecular weight is 247 g/mol. The highest BCUT2D eigenvalue weighted by Crippen LogP contribution is 2.06. The zero-order chi connectivity index (χ0) is 11.3. The van der Waals surface area contributed by atoms with Crippen molar-refractivity contribution in [3.8, 4) is 0 Å². The lowest BCUT2D eigenvalue weighted by atomic mass is 10.1. The molecule has 0 saturated heterocycles. The Hall–Kier alpha value is -1.00. The fourth-order valence-corrected chi connectivity index (χ4v) is 1.18. The molecule has 0 radical (unpaired) electrons. The average Bonchev–Trinajstić information content (AvgIpc) is 2.65. The molecule has 92 valence electrons. The molecule has 1 amide bonds. The maximum absolute atomic E-state index is 11.5. The topological polar surface area (TPSA) is 68.3 Å². The van der Waals surface area contributed by atoms with E-state index in [1.165, 1.54) is 6.26 Å². The predicted molar refractivity (Wildman–Crippen MR) is 65.6 cm³/mol. The molecule has 1 heterocycles. The van der Waals surface area contributed by atoms with E-state index in [1.54, 1.807) is 6.07 Å². The zero-order valence-corrected chi connectivity index (χ0v) is 10.5. The maximum atomic E-state index is 11.5. The Morgan fingerprint density at radius 1 is 1.56 bits per heavy atom. The monoisotopic (exact) mass is 246 g/mol. The van der Waals surface area contributed by atoms with E-state index in [-0.39, 0.29) is 18.3 Å². The summed E-state index contributed by atoms with van der Waals surface area (Å²) in [6.45, 7) is 5.26. The molecule has 0 aliphatic carbocycles. The van der Waals surface area contributed by atoms with Gasteiger partial charge in [0.15, 0.2) is 0 Å². The van der Waals surface area contributed by atoms with Crippen LogP contribution in [0.5, 0.6) is 0 Å². The molecule has 0 atom stereocenters. The molecular formula is C11H19ClN2O2. The van der Waals surface area contributed by atoms with Gasteiger partial charge in [-0.3, -0.25) is 4.79 Å². The quantitative estimate of drug-likeness (QED) is 0.834. The number of carbonyl (C=O) groups is 1. The Labute approximate surface area is 102 Å². The van der Waals surface area contributed by atoms with E-state index in [2.05, 4.69) is 19.2 Å². The van der Waals surface area contributed by atoms with Crippen molar-refractivity contribution in [3.63, 3.8) is 0 Å². The third-order valence-corrected chi connectivity index (χ3v) is 2.12. The highest BCUT2D eigenvalue weighted by molar-refractivity contribution is 5.93. The number of nitrogens with one attached hydrogen (secondary N) is 1. The molecule has 5 heteroatoms. The van der Waals surface area contributed by atoms with Crippen LogP contribution < -0.4 is 11.1 Å². The van der Waals surface area contributed by atoms with Crippen LogP contribution in [0, 0.1) is 5.92 Å². The number of hydrogen-bond donors (Lipinski definition) is 2. The summed E-state index contributed by atoms with van der Waals surface area (Å²) in [6, 6.07) is 1.67. The fraction of sp³-hybridized carbons (Fsp3) is 0.545. The van der Waals surface area contributed by atoms with Crippen LogP contribution in [0.3, 0.4) is 0 Å². The van der Waals surface area contributed by atoms with Gasteiger partial charge in [-0.25, -0.2) is 0 Å². The van der Waals surface area contributed by atoms with Crippen molar-refractivity contribution in [2.24, 2.45) is 11.7 Å². The fourth-order valence-electron chi connectivity index (χ4n) is 1.18. The van der Waals surface area contributed by atoms with Crippen molar-refractivity contribution in [2.45, 2.75) is 26.8 Å². The minimum atomic E-state index is -0.0981. The number of halogens is 1. The Kier molecular flexibility index (Phi) is 6.85. The lowest BCUT2D eigenvalue weighted by molar-refractivity contribution is 0.0951. The van der Waals surface area contributed by atoms with Crippen LogP contribution in [-0.2, 0) is 6.54 Å². The van der Waals surface area contributed by atoms with Gasteiger partial charge in [0.25, 0.3) is 5.91 Å². The van der Waals surface area contributed by atoms with Gasteiger partial charge in [-0.15, -0.1) is 12.4 Å². The molecule has 0 bridgehead atoms. The van der Waals surface area contributed by atoms with E-state index in [1.807, 2.05) is 0 Å². The molecule has 16 heavy (non-hydrogen) atoms. The summed E-state index contributed by atoms with van der Waals surface area (Å²) in [7, 11) is 0. The Bertz CT molecular complexity index is 324. The summed E-state index contributed by atoms with van der Waals surface area (Å²) in [5.41, 5.74) is 5.92. The van der Waals surface area contributed by atoms with Gasteiger partial charge < -0.3 is 15.5 Å². The minimum absolute atomic E-state index is 0. The minimum Gasteiger partial charge on any atom is -0.467 e. The van der Waals surface area contributed by atoms with Gasteiger partial charge in [0.05, 0.1) is 12.1 Å². The summed E-state index contributed by atoms with van der Waals surface area (Å²) in [6.07, 6.45) is 2.42. The molecule has 0 fully saturated rings. The van der Waals surface area contributed by atoms with Crippen molar-refractivity contribution in [3.05, 3.63) is 23.7 Å². The number of furan rings is 1. The lowest BCUT2D eigenvalue weighted by Crippen LogP contribution is -2.24. The zero-order valence-electron chi connectivity index (χ0n) is 9.66. The molecule has 4 nitrogen and oxygen atoms in total. The maximum Gasteiger partial charge on any atom is 0.254 e. The number of nitrogens with two attached hydrogens (primary N) is 1. The number of hydrogen-bond acceptors (Lipinski definition) is 3. The van der Waals surface area contributed by atoms with Crippen LogP contribution >= 0.6 is 12.4 Å². The van der Waals surface area contributed by atoms with Crippen LogP contribution in [0.25, 0.3) is 0 Å². The molecule has 0 saturated carbocycles. The molecule has 0 unspecified atom stereocenters. The summed E-state index contributed by atoms with van der Waals surface area (Å²) >= 11 is 0. The molecule has 0 spiro atoms. The third kappa shape index (κ3) is 4.68. The second-order valence-corrected chi connectivity index (χ2v) is 3.94. The summed E-state index contributed by atoms with van der Waals surface area (Å²) in [5.74, 6) is 1.12. The van der Waals surface area contributed by atoms with Crippen molar-refractivity contribution in [1.29, 1.82) is 0 Å². The van der Waals surface area contributed by atoms with E-state index < -0.39 is 0 Å². The molecule has 1 aromatic heterocycles. The van der Waals surface area contributed by atoms with Gasteiger partial charge in [0, 0.05) is 6.54 Å². The smallest absolute Gasteiger partial charge is 0.254 e. The molecule has 1 aromatic rings. The largest absolute Gasteiger partial charge is 0.467 e. The summed E-state index contributed by atoms with van der Waals surface area (Å²) in [4.78, 5) is 11.5. The van der Waals surface area contributed by atoms with Crippen LogP contribution in [0.4, 0.5) is 0 Å². The highest BCUT2D eigenvalue weighted by Gasteiger charge is 2.08. The van der Waals surface area contributed by atoms with Gasteiger partial charge in [-0.2, -0.15) is 0 Å². The predicted octanol–water partition coefficient (Wildman–Crippen LogP) is 1.94. The van der Waals surface area contributed by atoms with Crippen LogP contribution in [0.2, 0.25) is 0 Å². The van der Waals surface area contributed by atoms with Gasteiger partial charge in [-0.05, 0) is 18.4 Å². The van der Waals surface area contributed by atoms with Crippen LogP contribution in [0.1, 0.15) is 36.4 Å². The van der Waals surface area contributed by atoms with Crippen LogP contribution in [-0.4, -0.2) is 12.5 Å². The molecule has 0 aliphatic heterocycles. The lowest BCUT2D eigenvalue weighted by Gasteiger charge is -2.05. The number of amides is 1. The summed E-state index contributed by atoms with van der Waals surface area (Å²) in [5, 5.41) is 2.83. The number of rotatable bonds is 5. The van der Waals surface area contributed by atoms with Crippen molar-refractivity contribution in [2.75, 3.05) is 6.54 Å². The first-order chi connectivity index (χ1) is 7.13. The molecule has 1 rings (SSSR count). The van der Waals surface area contributed by atoms with Gasteiger partial charge in [0.1, 0.15) is 12.0 Å². The van der Waals surface area contributed by atoms with Crippen molar-refractivity contribution >= 4 is 18.3 Å². The first-order valence-electron chi connectivity index (χ1n) is 5.19. The van der Waals surface area contributed by atoms with E-state index in [4.69, 9.17) is 10.2 Å². The Morgan fingerprint density at radius 3 is 2.75 bits per heavy atom. The normalized spacial score (nSPS) is 10.0. The second-order valence-electron chi connectivity index (χ2n) is 3.94. The van der Waals surface area contributed by atoms with E-state index in [9.17, 15) is 4.79 Å². The number of carbonyl (C=O) groups excluding carboxylic acids is 1. The summed E-state index contributed by atoms with van der Waals surface area (Å²) < 4.78 is 5.08. The first-order valence-corrected chi connectivity index (χ1v) is 5.19. The molecule has 3 N–H and O–H groups in total. The standard InChI is InChI=1S/C11H18N2O2.ClH/c1-8(2)3-4-13-11(14)9-5-10(6-12)15-7-9;/h5,7-8H,3-4,6,12H2,1-2H3,(H,13,14);1H. The van der Waals surface area contributed by atoms with Crippen LogP contribution in [0.15, 0.2) is 16.7 Å². The molecule has 0 aliphatic rings. The van der Waals surface area contributed by atoms with Crippen molar-refractivity contribution in [1.82, 2.24) is 5.32 Å². The Morgan fingerprint density at radius 2 is 2.25 bits per heavy atom. The van der Waals surface area contributed by atoms with E-state index >= 15 is 0 Å². The van der Waals surface area contributed by atoms with Crippen molar-refractivity contribution < 1.29 is 9.21 Å². The Balaban J connectivity index is 0.00000225. The SMILES string of the molecule is CC(C)CCNC(=O)c1coc(CN)c1.Cl. The molecule has 0 aromatic carbocycles. The first kappa shape index (κ1) is 15.0.